The molecule has 5 heteroatoms. The lowest BCUT2D eigenvalue weighted by atomic mass is 9.95. The van der Waals surface area contributed by atoms with Crippen LogP contribution in [0.5, 0.6) is 0 Å². The maximum atomic E-state index is 13.2. The zero-order valence-electron chi connectivity index (χ0n) is 17.6. The molecule has 2 aliphatic rings. The van der Waals surface area contributed by atoms with Crippen LogP contribution in [0.4, 0.5) is 0 Å². The quantitative estimate of drug-likeness (QED) is 0.691. The second-order valence-electron chi connectivity index (χ2n) is 8.19. The van der Waals surface area contributed by atoms with Crippen LogP contribution in [0.15, 0.2) is 24.3 Å². The van der Waals surface area contributed by atoms with Gasteiger partial charge in [-0.05, 0) is 44.7 Å². The minimum atomic E-state index is -0.135. The van der Waals surface area contributed by atoms with Gasteiger partial charge in [0.25, 0.3) is 5.91 Å². The van der Waals surface area contributed by atoms with Crippen LogP contribution in [-0.4, -0.2) is 51.9 Å². The summed E-state index contributed by atoms with van der Waals surface area (Å²) in [6.45, 7) is 8.69. The van der Waals surface area contributed by atoms with Gasteiger partial charge in [0.2, 0.25) is 5.91 Å². The average Bonchev–Trinajstić information content (AvgIpc) is 3.12. The molecule has 1 aromatic rings. The molecule has 2 aliphatic heterocycles. The number of unbranched alkanes of at least 4 members (excludes halogenated alkanes) is 1. The number of hydrogen-bond donors (Lipinski definition) is 0. The highest BCUT2D eigenvalue weighted by atomic mass is 32.2. The number of aryl methyl sites for hydroxylation is 1. The highest BCUT2D eigenvalue weighted by Crippen LogP contribution is 2.44. The van der Waals surface area contributed by atoms with Crippen LogP contribution in [0.3, 0.4) is 0 Å². The van der Waals surface area contributed by atoms with Crippen LogP contribution in [0.1, 0.15) is 68.3 Å². The van der Waals surface area contributed by atoms with Crippen molar-refractivity contribution in [2.45, 2.75) is 64.2 Å². The van der Waals surface area contributed by atoms with E-state index < -0.39 is 0 Å². The lowest BCUT2D eigenvalue weighted by Gasteiger charge is -2.44. The lowest BCUT2D eigenvalue weighted by molar-refractivity contribution is -0.137. The zero-order chi connectivity index (χ0) is 20.1. The Kier molecular flexibility index (Phi) is 7.08. The van der Waals surface area contributed by atoms with Gasteiger partial charge in [0.15, 0.2) is 0 Å². The number of piperidine rings is 1. The molecule has 0 radical (unpaired) electrons. The summed E-state index contributed by atoms with van der Waals surface area (Å²) in [5.41, 5.74) is 1.94. The van der Waals surface area contributed by atoms with Gasteiger partial charge in [-0.2, -0.15) is 0 Å². The third kappa shape index (κ3) is 4.40. The van der Waals surface area contributed by atoms with Crippen LogP contribution in [0, 0.1) is 12.8 Å². The molecule has 0 aliphatic carbocycles. The zero-order valence-corrected chi connectivity index (χ0v) is 18.4. The monoisotopic (exact) mass is 402 g/mol. The number of rotatable bonds is 6. The standard InChI is InChI=1S/C23H34N2O2S/c1-4-6-7-19(5-2)21(26)24-14-12-23(13-15-24)25(16-17-28-23)22(27)20-10-8-18(3)9-11-20/h8-11,19H,4-7,12-17H2,1-3H3. The Morgan fingerprint density at radius 1 is 1.11 bits per heavy atom. The van der Waals surface area contributed by atoms with Crippen molar-refractivity contribution in [3.05, 3.63) is 35.4 Å². The largest absolute Gasteiger partial charge is 0.342 e. The highest BCUT2D eigenvalue weighted by molar-refractivity contribution is 8.00. The summed E-state index contributed by atoms with van der Waals surface area (Å²) in [7, 11) is 0. The summed E-state index contributed by atoms with van der Waals surface area (Å²) in [5.74, 6) is 1.61. The predicted molar refractivity (Wildman–Crippen MR) is 117 cm³/mol. The van der Waals surface area contributed by atoms with Crippen molar-refractivity contribution in [1.82, 2.24) is 9.80 Å². The number of carbonyl (C=O) groups excluding carboxylic acids is 2. The number of likely N-dealkylation sites (tertiary alicyclic amines) is 1. The van der Waals surface area contributed by atoms with E-state index in [1.807, 2.05) is 43.0 Å². The van der Waals surface area contributed by atoms with Gasteiger partial charge in [0, 0.05) is 36.9 Å². The van der Waals surface area contributed by atoms with Gasteiger partial charge in [-0.15, -0.1) is 11.8 Å². The summed E-state index contributed by atoms with van der Waals surface area (Å²) in [6.07, 6.45) is 5.94. The van der Waals surface area contributed by atoms with E-state index in [1.54, 1.807) is 0 Å². The number of carbonyl (C=O) groups is 2. The maximum absolute atomic E-state index is 13.2. The van der Waals surface area contributed by atoms with E-state index in [9.17, 15) is 9.59 Å². The molecule has 154 valence electrons. The first kappa shape index (κ1) is 21.2. The van der Waals surface area contributed by atoms with E-state index >= 15 is 0 Å². The topological polar surface area (TPSA) is 40.6 Å². The molecule has 0 N–H and O–H groups in total. The SMILES string of the molecule is CCCCC(CC)C(=O)N1CCC2(CC1)SCCN2C(=O)c1ccc(C)cc1. The Bertz CT molecular complexity index is 680. The van der Waals surface area contributed by atoms with Crippen molar-refractivity contribution in [3.8, 4) is 0 Å². The van der Waals surface area contributed by atoms with Gasteiger partial charge in [0.1, 0.15) is 0 Å². The minimum Gasteiger partial charge on any atom is -0.342 e. The van der Waals surface area contributed by atoms with E-state index in [0.29, 0.717) is 5.91 Å². The van der Waals surface area contributed by atoms with Crippen molar-refractivity contribution in [3.63, 3.8) is 0 Å². The molecular weight excluding hydrogens is 368 g/mol. The average molecular weight is 403 g/mol. The molecule has 1 aromatic carbocycles. The second kappa shape index (κ2) is 9.34. The van der Waals surface area contributed by atoms with Gasteiger partial charge in [-0.1, -0.05) is 44.4 Å². The fourth-order valence-electron chi connectivity index (χ4n) is 4.45. The molecule has 2 heterocycles. The number of hydrogen-bond acceptors (Lipinski definition) is 3. The molecule has 3 rings (SSSR count). The molecule has 2 fully saturated rings. The van der Waals surface area contributed by atoms with Gasteiger partial charge >= 0.3 is 0 Å². The number of benzene rings is 1. The summed E-state index contributed by atoms with van der Waals surface area (Å²) < 4.78 is 0. The van der Waals surface area contributed by atoms with Crippen LogP contribution < -0.4 is 0 Å². The highest BCUT2D eigenvalue weighted by Gasteiger charge is 2.47. The summed E-state index contributed by atoms with van der Waals surface area (Å²) >= 11 is 1.91. The molecular formula is C23H34N2O2S. The molecule has 28 heavy (non-hydrogen) atoms. The van der Waals surface area contributed by atoms with Crippen LogP contribution in [-0.2, 0) is 4.79 Å². The van der Waals surface area contributed by atoms with Crippen LogP contribution in [0.2, 0.25) is 0 Å². The minimum absolute atomic E-state index is 0.135. The van der Waals surface area contributed by atoms with E-state index in [0.717, 1.165) is 69.5 Å². The first-order valence-electron chi connectivity index (χ1n) is 10.8. The molecule has 1 spiro atoms. The summed E-state index contributed by atoms with van der Waals surface area (Å²) in [6, 6.07) is 7.89. The van der Waals surface area contributed by atoms with Crippen molar-refractivity contribution in [2.24, 2.45) is 5.92 Å². The predicted octanol–water partition coefficient (Wildman–Crippen LogP) is 4.72. The third-order valence-electron chi connectivity index (χ3n) is 6.33. The molecule has 2 saturated heterocycles. The van der Waals surface area contributed by atoms with Crippen molar-refractivity contribution in [1.29, 1.82) is 0 Å². The van der Waals surface area contributed by atoms with Gasteiger partial charge in [0.05, 0.1) is 4.87 Å². The Morgan fingerprint density at radius 2 is 1.79 bits per heavy atom. The van der Waals surface area contributed by atoms with E-state index in [1.165, 1.54) is 5.56 Å². The molecule has 1 atom stereocenters. The molecule has 2 amide bonds. The third-order valence-corrected chi connectivity index (χ3v) is 7.88. The molecule has 4 nitrogen and oxygen atoms in total. The van der Waals surface area contributed by atoms with E-state index in [4.69, 9.17) is 0 Å². The Balaban J connectivity index is 1.65. The van der Waals surface area contributed by atoms with Gasteiger partial charge < -0.3 is 9.80 Å². The number of amides is 2. The first-order valence-corrected chi connectivity index (χ1v) is 11.8. The van der Waals surface area contributed by atoms with E-state index in [2.05, 4.69) is 23.6 Å². The summed E-state index contributed by atoms with van der Waals surface area (Å²) in [4.78, 5) is 30.1. The van der Waals surface area contributed by atoms with Crippen LogP contribution in [0.25, 0.3) is 0 Å². The maximum Gasteiger partial charge on any atom is 0.254 e. The molecule has 0 saturated carbocycles. The fourth-order valence-corrected chi connectivity index (χ4v) is 5.90. The van der Waals surface area contributed by atoms with Crippen molar-refractivity contribution in [2.75, 3.05) is 25.4 Å². The van der Waals surface area contributed by atoms with Crippen molar-refractivity contribution >= 4 is 23.6 Å². The fraction of sp³-hybridized carbons (Fsp3) is 0.652. The van der Waals surface area contributed by atoms with Gasteiger partial charge in [-0.25, -0.2) is 0 Å². The molecule has 1 unspecified atom stereocenters. The smallest absolute Gasteiger partial charge is 0.254 e. The second-order valence-corrected chi connectivity index (χ2v) is 9.65. The lowest BCUT2D eigenvalue weighted by Crippen LogP contribution is -2.54. The number of nitrogens with zero attached hydrogens (tertiary/aromatic N) is 2. The first-order chi connectivity index (χ1) is 13.5. The Hall–Kier alpha value is -1.49. The number of thioether (sulfide) groups is 1. The van der Waals surface area contributed by atoms with Gasteiger partial charge in [-0.3, -0.25) is 9.59 Å². The van der Waals surface area contributed by atoms with Crippen molar-refractivity contribution < 1.29 is 9.59 Å². The van der Waals surface area contributed by atoms with E-state index in [-0.39, 0.29) is 16.7 Å². The molecule has 0 aromatic heterocycles. The summed E-state index contributed by atoms with van der Waals surface area (Å²) in [5, 5.41) is 0. The van der Waals surface area contributed by atoms with Crippen LogP contribution >= 0.6 is 11.8 Å². The Labute approximate surface area is 174 Å². The Morgan fingerprint density at radius 3 is 2.39 bits per heavy atom. The normalized spacial score (nSPS) is 19.8. The molecule has 0 bridgehead atoms.